The van der Waals surface area contributed by atoms with Gasteiger partial charge in [0.05, 0.1) is 6.61 Å². The molecule has 5 nitrogen and oxygen atoms in total. The van der Waals surface area contributed by atoms with Crippen LogP contribution < -0.4 is 5.73 Å². The standard InChI is InChI=1S/C13H14F3N3O2/c14-13(15,16)8-21-6-5-19-4-3-9-7-10(12(17)18-20)1-2-11(9)19/h1-4,7,20H,5-6,8H2,(H2,17,18). The van der Waals surface area contributed by atoms with Gasteiger partial charge in [0.1, 0.15) is 6.61 Å². The van der Waals surface area contributed by atoms with E-state index in [9.17, 15) is 13.2 Å². The zero-order valence-electron chi connectivity index (χ0n) is 11.0. The highest BCUT2D eigenvalue weighted by Gasteiger charge is 2.27. The van der Waals surface area contributed by atoms with Crippen LogP contribution in [0, 0.1) is 0 Å². The lowest BCUT2D eigenvalue weighted by atomic mass is 10.1. The van der Waals surface area contributed by atoms with Crippen LogP contribution in [-0.2, 0) is 11.3 Å². The number of halogens is 3. The largest absolute Gasteiger partial charge is 0.411 e. The van der Waals surface area contributed by atoms with Crippen LogP contribution in [0.3, 0.4) is 0 Å². The molecule has 0 unspecified atom stereocenters. The summed E-state index contributed by atoms with van der Waals surface area (Å²) < 4.78 is 42.2. The average molecular weight is 301 g/mol. The van der Waals surface area contributed by atoms with Gasteiger partial charge >= 0.3 is 6.18 Å². The number of amidine groups is 1. The molecule has 1 heterocycles. The maximum absolute atomic E-state index is 12.0. The molecule has 0 fully saturated rings. The summed E-state index contributed by atoms with van der Waals surface area (Å²) in [5, 5.41) is 12.4. The van der Waals surface area contributed by atoms with Gasteiger partial charge in [-0.1, -0.05) is 5.16 Å². The van der Waals surface area contributed by atoms with Crippen molar-refractivity contribution in [3.8, 4) is 0 Å². The van der Waals surface area contributed by atoms with Crippen LogP contribution >= 0.6 is 0 Å². The number of aromatic nitrogens is 1. The molecule has 3 N–H and O–H groups in total. The van der Waals surface area contributed by atoms with Gasteiger partial charge in [-0.25, -0.2) is 0 Å². The number of oxime groups is 1. The number of rotatable bonds is 5. The van der Waals surface area contributed by atoms with E-state index in [4.69, 9.17) is 10.9 Å². The second-order valence-corrected chi connectivity index (χ2v) is 4.44. The number of nitrogens with zero attached hydrogens (tertiary/aromatic N) is 2. The maximum atomic E-state index is 12.0. The van der Waals surface area contributed by atoms with E-state index in [-0.39, 0.29) is 12.4 Å². The second-order valence-electron chi connectivity index (χ2n) is 4.44. The Bertz CT molecular complexity index is 650. The summed E-state index contributed by atoms with van der Waals surface area (Å²) >= 11 is 0. The van der Waals surface area contributed by atoms with Crippen molar-refractivity contribution in [2.45, 2.75) is 12.7 Å². The summed E-state index contributed by atoms with van der Waals surface area (Å²) in [5.74, 6) is -0.00170. The molecule has 0 bridgehead atoms. The summed E-state index contributed by atoms with van der Waals surface area (Å²) in [6, 6.07) is 6.96. The van der Waals surface area contributed by atoms with E-state index < -0.39 is 12.8 Å². The lowest BCUT2D eigenvalue weighted by Gasteiger charge is -2.09. The Morgan fingerprint density at radius 2 is 2.10 bits per heavy atom. The van der Waals surface area contributed by atoms with Crippen molar-refractivity contribution >= 4 is 16.7 Å². The third kappa shape index (κ3) is 3.88. The minimum Gasteiger partial charge on any atom is -0.409 e. The molecule has 1 aromatic carbocycles. The smallest absolute Gasteiger partial charge is 0.409 e. The van der Waals surface area contributed by atoms with E-state index in [0.717, 1.165) is 10.9 Å². The van der Waals surface area contributed by atoms with Crippen molar-refractivity contribution in [2.75, 3.05) is 13.2 Å². The summed E-state index contributed by atoms with van der Waals surface area (Å²) in [6.45, 7) is -0.979. The van der Waals surface area contributed by atoms with E-state index in [0.29, 0.717) is 12.1 Å². The molecule has 0 saturated heterocycles. The van der Waals surface area contributed by atoms with Gasteiger partial charge in [-0.2, -0.15) is 13.2 Å². The fraction of sp³-hybridized carbons (Fsp3) is 0.308. The molecule has 2 rings (SSSR count). The van der Waals surface area contributed by atoms with Crippen LogP contribution in [0.4, 0.5) is 13.2 Å². The molecule has 0 aliphatic carbocycles. The Morgan fingerprint density at radius 3 is 2.76 bits per heavy atom. The van der Waals surface area contributed by atoms with Gasteiger partial charge in [0.25, 0.3) is 0 Å². The van der Waals surface area contributed by atoms with E-state index in [2.05, 4.69) is 9.89 Å². The molecule has 1 aromatic heterocycles. The molecule has 0 amide bonds. The highest BCUT2D eigenvalue weighted by molar-refractivity contribution is 6.00. The molecule has 0 spiro atoms. The first kappa shape index (κ1) is 15.2. The van der Waals surface area contributed by atoms with Crippen molar-refractivity contribution in [2.24, 2.45) is 10.9 Å². The fourth-order valence-corrected chi connectivity index (χ4v) is 1.96. The van der Waals surface area contributed by atoms with Crippen LogP contribution in [0.5, 0.6) is 0 Å². The number of nitrogens with two attached hydrogens (primary N) is 1. The Hall–Kier alpha value is -2.22. The minimum absolute atomic E-state index is 0.00170. The highest BCUT2D eigenvalue weighted by Crippen LogP contribution is 2.18. The first-order chi connectivity index (χ1) is 9.90. The van der Waals surface area contributed by atoms with Crippen molar-refractivity contribution in [3.63, 3.8) is 0 Å². The zero-order chi connectivity index (χ0) is 15.5. The molecular weight excluding hydrogens is 287 g/mol. The molecule has 2 aromatic rings. The predicted molar refractivity (Wildman–Crippen MR) is 71.3 cm³/mol. The van der Waals surface area contributed by atoms with Crippen molar-refractivity contribution in [3.05, 3.63) is 36.0 Å². The molecule has 0 aliphatic heterocycles. The predicted octanol–water partition coefficient (Wildman–Crippen LogP) is 2.31. The summed E-state index contributed by atoms with van der Waals surface area (Å²) in [5.41, 5.74) is 6.90. The van der Waals surface area contributed by atoms with E-state index in [1.165, 1.54) is 0 Å². The van der Waals surface area contributed by atoms with Crippen LogP contribution in [0.2, 0.25) is 0 Å². The number of hydrogen-bond acceptors (Lipinski definition) is 3. The SMILES string of the molecule is N/C(=N/O)c1ccc2c(ccn2CCOCC(F)(F)F)c1. The first-order valence-electron chi connectivity index (χ1n) is 6.12. The molecule has 0 aliphatic rings. The summed E-state index contributed by atoms with van der Waals surface area (Å²) in [7, 11) is 0. The van der Waals surface area contributed by atoms with Crippen molar-refractivity contribution in [1.82, 2.24) is 4.57 Å². The number of benzene rings is 1. The Morgan fingerprint density at radius 1 is 1.33 bits per heavy atom. The summed E-state index contributed by atoms with van der Waals surface area (Å²) in [6.07, 6.45) is -2.56. The minimum atomic E-state index is -4.31. The first-order valence-corrected chi connectivity index (χ1v) is 6.12. The molecule has 8 heteroatoms. The van der Waals surface area contributed by atoms with E-state index in [1.54, 1.807) is 35.0 Å². The van der Waals surface area contributed by atoms with Gasteiger partial charge in [-0.3, -0.25) is 0 Å². The number of fused-ring (bicyclic) bond motifs is 1. The lowest BCUT2D eigenvalue weighted by molar-refractivity contribution is -0.174. The fourth-order valence-electron chi connectivity index (χ4n) is 1.96. The van der Waals surface area contributed by atoms with Crippen LogP contribution in [0.1, 0.15) is 5.56 Å². The van der Waals surface area contributed by atoms with Gasteiger partial charge in [0, 0.05) is 29.2 Å². The van der Waals surface area contributed by atoms with Crippen LogP contribution in [0.15, 0.2) is 35.6 Å². The van der Waals surface area contributed by atoms with E-state index >= 15 is 0 Å². The maximum Gasteiger partial charge on any atom is 0.411 e. The third-order valence-electron chi connectivity index (χ3n) is 2.92. The summed E-state index contributed by atoms with van der Waals surface area (Å²) in [4.78, 5) is 0. The Balaban J connectivity index is 2.05. The monoisotopic (exact) mass is 301 g/mol. The van der Waals surface area contributed by atoms with Crippen LogP contribution in [-0.4, -0.2) is 35.0 Å². The van der Waals surface area contributed by atoms with E-state index in [1.807, 2.05) is 0 Å². The second kappa shape index (κ2) is 6.04. The topological polar surface area (TPSA) is 72.8 Å². The molecular formula is C13H14F3N3O2. The van der Waals surface area contributed by atoms with Gasteiger partial charge in [0.2, 0.25) is 0 Å². The third-order valence-corrected chi connectivity index (χ3v) is 2.92. The number of alkyl halides is 3. The van der Waals surface area contributed by atoms with Crippen molar-refractivity contribution in [1.29, 1.82) is 0 Å². The quantitative estimate of drug-likeness (QED) is 0.293. The Kier molecular flexibility index (Phi) is 4.37. The zero-order valence-corrected chi connectivity index (χ0v) is 11.0. The lowest BCUT2D eigenvalue weighted by Crippen LogP contribution is -2.18. The van der Waals surface area contributed by atoms with Gasteiger partial charge in [-0.05, 0) is 24.3 Å². The molecule has 0 atom stereocenters. The number of ether oxygens (including phenoxy) is 1. The van der Waals surface area contributed by atoms with Crippen molar-refractivity contribution < 1.29 is 23.1 Å². The number of hydrogen-bond donors (Lipinski definition) is 2. The normalized spacial score (nSPS) is 13.0. The van der Waals surface area contributed by atoms with Crippen LogP contribution in [0.25, 0.3) is 10.9 Å². The average Bonchev–Trinajstić information content (AvgIpc) is 2.84. The molecule has 0 saturated carbocycles. The highest BCUT2D eigenvalue weighted by atomic mass is 19.4. The van der Waals surface area contributed by atoms with Gasteiger partial charge < -0.3 is 20.2 Å². The van der Waals surface area contributed by atoms with Gasteiger partial charge in [0.15, 0.2) is 5.84 Å². The van der Waals surface area contributed by atoms with Gasteiger partial charge in [-0.15, -0.1) is 0 Å². The Labute approximate surface area is 118 Å². The molecule has 114 valence electrons. The molecule has 21 heavy (non-hydrogen) atoms. The molecule has 0 radical (unpaired) electrons.